The smallest absolute Gasteiger partial charge is 0.145 e. The fourth-order valence-corrected chi connectivity index (χ4v) is 4.59. The molecular weight excluding hydrogens is 414 g/mol. The lowest BCUT2D eigenvalue weighted by molar-refractivity contribution is -0.121. The Morgan fingerprint density at radius 1 is 1.32 bits per heavy atom. The molecular formula is C23H30ClN5O2. The number of aromatic nitrogens is 3. The fourth-order valence-electron chi connectivity index (χ4n) is 4.39. The lowest BCUT2D eigenvalue weighted by Gasteiger charge is -2.35. The fraction of sp³-hybridized carbons (Fsp3) is 0.565. The lowest BCUT2D eigenvalue weighted by Crippen LogP contribution is -2.36. The maximum Gasteiger partial charge on any atom is 0.145 e. The minimum absolute atomic E-state index is 0.0726. The van der Waals surface area contributed by atoms with Crippen molar-refractivity contribution >= 4 is 23.2 Å². The van der Waals surface area contributed by atoms with Crippen molar-refractivity contribution in [3.05, 3.63) is 35.4 Å². The molecule has 166 valence electrons. The second-order valence-corrected chi connectivity index (χ2v) is 9.53. The Bertz CT molecular complexity index is 930. The molecule has 7 nitrogen and oxygen atoms in total. The molecule has 2 fully saturated rings. The number of nitrogens with one attached hydrogen (secondary N) is 2. The maximum atomic E-state index is 12.5. The normalized spacial score (nSPS) is 22.9. The predicted octanol–water partition coefficient (Wildman–Crippen LogP) is 3.53. The van der Waals surface area contributed by atoms with E-state index in [0.717, 1.165) is 51.1 Å². The molecule has 0 saturated carbocycles. The number of hydrogen-bond acceptors (Lipinski definition) is 7. The molecule has 2 aromatic rings. The first kappa shape index (κ1) is 22.1. The van der Waals surface area contributed by atoms with Crippen LogP contribution in [0.3, 0.4) is 0 Å². The number of anilines is 1. The van der Waals surface area contributed by atoms with E-state index in [-0.39, 0.29) is 17.3 Å². The highest BCUT2D eigenvalue weighted by atomic mass is 35.5. The third-order valence-corrected chi connectivity index (χ3v) is 6.37. The first-order valence-electron chi connectivity index (χ1n) is 11.0. The molecule has 0 spiro atoms. The van der Waals surface area contributed by atoms with Crippen molar-refractivity contribution in [2.24, 2.45) is 11.8 Å². The zero-order chi connectivity index (χ0) is 21.8. The van der Waals surface area contributed by atoms with Crippen molar-refractivity contribution in [3.63, 3.8) is 0 Å². The van der Waals surface area contributed by atoms with E-state index in [2.05, 4.69) is 34.4 Å². The van der Waals surface area contributed by atoms with Gasteiger partial charge in [-0.05, 0) is 51.6 Å². The van der Waals surface area contributed by atoms with Crippen molar-refractivity contribution in [3.8, 4) is 11.3 Å². The van der Waals surface area contributed by atoms with Crippen LogP contribution in [-0.4, -0.2) is 52.6 Å². The molecule has 0 bridgehead atoms. The summed E-state index contributed by atoms with van der Waals surface area (Å²) in [6, 6.07) is 1.86. The molecule has 2 atom stereocenters. The topological polar surface area (TPSA) is 89.0 Å². The van der Waals surface area contributed by atoms with Crippen LogP contribution in [-0.2, 0) is 16.0 Å². The van der Waals surface area contributed by atoms with Crippen LogP contribution in [0.15, 0.2) is 24.7 Å². The minimum atomic E-state index is -0.0783. The summed E-state index contributed by atoms with van der Waals surface area (Å²) < 4.78 is 5.80. The van der Waals surface area contributed by atoms with E-state index in [1.165, 1.54) is 0 Å². The van der Waals surface area contributed by atoms with Gasteiger partial charge in [0, 0.05) is 49.5 Å². The molecule has 4 heterocycles. The van der Waals surface area contributed by atoms with Crippen LogP contribution in [0.1, 0.15) is 38.8 Å². The van der Waals surface area contributed by atoms with Gasteiger partial charge in [0.05, 0.1) is 28.7 Å². The zero-order valence-electron chi connectivity index (χ0n) is 18.2. The molecule has 1 unspecified atom stereocenters. The Hall–Kier alpha value is -2.09. The third kappa shape index (κ3) is 5.79. The molecule has 8 heteroatoms. The van der Waals surface area contributed by atoms with Crippen molar-refractivity contribution in [2.75, 3.05) is 31.6 Å². The number of rotatable bonds is 7. The Balaban J connectivity index is 1.44. The molecule has 2 aromatic heterocycles. The number of hydrogen-bond donors (Lipinski definition) is 2. The van der Waals surface area contributed by atoms with Gasteiger partial charge >= 0.3 is 0 Å². The van der Waals surface area contributed by atoms with Crippen LogP contribution < -0.4 is 10.6 Å². The van der Waals surface area contributed by atoms with Crippen LogP contribution in [0.5, 0.6) is 0 Å². The summed E-state index contributed by atoms with van der Waals surface area (Å²) in [5, 5.41) is 7.15. The number of nitrogens with zero attached hydrogens (tertiary/aromatic N) is 3. The van der Waals surface area contributed by atoms with E-state index in [4.69, 9.17) is 21.3 Å². The Labute approximate surface area is 188 Å². The molecule has 4 rings (SSSR count). The van der Waals surface area contributed by atoms with Crippen LogP contribution >= 0.6 is 11.6 Å². The molecule has 0 aliphatic carbocycles. The van der Waals surface area contributed by atoms with Crippen molar-refractivity contribution < 1.29 is 9.53 Å². The highest BCUT2D eigenvalue weighted by molar-refractivity contribution is 6.33. The summed E-state index contributed by atoms with van der Waals surface area (Å²) in [6.45, 7) is 7.53. The Morgan fingerprint density at radius 3 is 2.97 bits per heavy atom. The number of carbonyl (C=O) groups excluding carboxylic acids is 1. The Kier molecular flexibility index (Phi) is 6.84. The standard InChI is InChI=1S/C23H30ClN5O2/c1-23(2)9-15(4-6-31-23)10-28-22-14-26-13-20(29-22)18-7-17(27-12-19(18)24)8-21(30)16-3-5-25-11-16/h7,12-16,25H,3-6,8-11H2,1-2H3,(H,28,29)/t15?,16-/m1/s1. The van der Waals surface area contributed by atoms with Crippen molar-refractivity contribution in [2.45, 2.75) is 45.1 Å². The number of ether oxygens (including phenoxy) is 1. The summed E-state index contributed by atoms with van der Waals surface area (Å²) in [5.74, 6) is 1.53. The Morgan fingerprint density at radius 2 is 2.19 bits per heavy atom. The van der Waals surface area contributed by atoms with Crippen molar-refractivity contribution in [1.29, 1.82) is 0 Å². The first-order chi connectivity index (χ1) is 14.9. The molecule has 2 aliphatic heterocycles. The van der Waals surface area contributed by atoms with E-state index in [0.29, 0.717) is 34.6 Å². The lowest BCUT2D eigenvalue weighted by atomic mass is 9.88. The largest absolute Gasteiger partial charge is 0.376 e. The third-order valence-electron chi connectivity index (χ3n) is 6.06. The molecule has 2 saturated heterocycles. The molecule has 0 amide bonds. The number of carbonyl (C=O) groups is 1. The monoisotopic (exact) mass is 443 g/mol. The van der Waals surface area contributed by atoms with Gasteiger partial charge in [0.1, 0.15) is 11.6 Å². The quantitative estimate of drug-likeness (QED) is 0.676. The highest BCUT2D eigenvalue weighted by Crippen LogP contribution is 2.30. The van der Waals surface area contributed by atoms with E-state index in [9.17, 15) is 4.79 Å². The van der Waals surface area contributed by atoms with E-state index < -0.39 is 0 Å². The van der Waals surface area contributed by atoms with Gasteiger partial charge in [-0.25, -0.2) is 4.98 Å². The van der Waals surface area contributed by atoms with Crippen molar-refractivity contribution in [1.82, 2.24) is 20.3 Å². The van der Waals surface area contributed by atoms with Gasteiger partial charge in [0.15, 0.2) is 0 Å². The zero-order valence-corrected chi connectivity index (χ0v) is 18.9. The highest BCUT2D eigenvalue weighted by Gasteiger charge is 2.28. The second-order valence-electron chi connectivity index (χ2n) is 9.13. The summed E-state index contributed by atoms with van der Waals surface area (Å²) in [7, 11) is 0. The van der Waals surface area contributed by atoms with Crippen LogP contribution in [0.4, 0.5) is 5.82 Å². The summed E-state index contributed by atoms with van der Waals surface area (Å²) in [4.78, 5) is 25.9. The number of pyridine rings is 1. The minimum Gasteiger partial charge on any atom is -0.376 e. The van der Waals surface area contributed by atoms with Gasteiger partial charge in [-0.1, -0.05) is 11.6 Å². The first-order valence-corrected chi connectivity index (χ1v) is 11.4. The molecule has 31 heavy (non-hydrogen) atoms. The van der Waals surface area contributed by atoms with Crippen LogP contribution in [0.2, 0.25) is 5.02 Å². The van der Waals surface area contributed by atoms with Gasteiger partial charge in [-0.3, -0.25) is 14.8 Å². The number of Topliss-reactive ketones (excluding diaryl/α,β-unsaturated/α-hetero) is 1. The molecule has 2 N–H and O–H groups in total. The average Bonchev–Trinajstić information content (AvgIpc) is 3.28. The van der Waals surface area contributed by atoms with Gasteiger partial charge < -0.3 is 15.4 Å². The molecule has 2 aliphatic rings. The predicted molar refractivity (Wildman–Crippen MR) is 121 cm³/mol. The summed E-state index contributed by atoms with van der Waals surface area (Å²) in [5.41, 5.74) is 2.04. The summed E-state index contributed by atoms with van der Waals surface area (Å²) >= 11 is 6.42. The summed E-state index contributed by atoms with van der Waals surface area (Å²) in [6.07, 6.45) is 8.25. The average molecular weight is 444 g/mol. The van der Waals surface area contributed by atoms with Gasteiger partial charge in [0.2, 0.25) is 0 Å². The van der Waals surface area contributed by atoms with Gasteiger partial charge in [-0.2, -0.15) is 0 Å². The molecule has 0 radical (unpaired) electrons. The molecule has 0 aromatic carbocycles. The van der Waals surface area contributed by atoms with E-state index >= 15 is 0 Å². The number of halogens is 1. The van der Waals surface area contributed by atoms with Gasteiger partial charge in [0.25, 0.3) is 0 Å². The maximum absolute atomic E-state index is 12.5. The second kappa shape index (κ2) is 9.59. The van der Waals surface area contributed by atoms with E-state index in [1.807, 2.05) is 6.07 Å². The SMILES string of the molecule is CC1(C)CC(CNc2cncc(-c3cc(CC(=O)[C@@H]4CCNC4)ncc3Cl)n2)CCO1. The van der Waals surface area contributed by atoms with Crippen LogP contribution in [0.25, 0.3) is 11.3 Å². The van der Waals surface area contributed by atoms with Crippen LogP contribution in [0, 0.1) is 11.8 Å². The van der Waals surface area contributed by atoms with Gasteiger partial charge in [-0.15, -0.1) is 0 Å². The number of ketones is 1. The van der Waals surface area contributed by atoms with E-state index in [1.54, 1.807) is 18.6 Å².